The van der Waals surface area contributed by atoms with Gasteiger partial charge in [-0.3, -0.25) is 19.7 Å². The molecule has 2 amide bonds. The summed E-state index contributed by atoms with van der Waals surface area (Å²) in [5.41, 5.74) is 1.17. The molecule has 8 nitrogen and oxygen atoms in total. The second-order valence-electron chi connectivity index (χ2n) is 5.72. The van der Waals surface area contributed by atoms with E-state index < -0.39 is 16.7 Å². The normalized spacial score (nSPS) is 10.4. The average Bonchev–Trinajstić information content (AvgIpc) is 3.06. The zero-order valence-electron chi connectivity index (χ0n) is 14.6. The van der Waals surface area contributed by atoms with Gasteiger partial charge < -0.3 is 4.42 Å². The van der Waals surface area contributed by atoms with E-state index in [0.29, 0.717) is 16.8 Å². The van der Waals surface area contributed by atoms with Gasteiger partial charge in [-0.05, 0) is 6.07 Å². The highest BCUT2D eigenvalue weighted by atomic mass is 16.6. The number of nitro groups is 1. The van der Waals surface area contributed by atoms with Gasteiger partial charge in [0.15, 0.2) is 0 Å². The molecule has 0 fully saturated rings. The lowest BCUT2D eigenvalue weighted by Gasteiger charge is -2.14. The Bertz CT molecular complexity index is 1010. The Hall–Kier alpha value is -3.81. The molecule has 8 heteroatoms. The third-order valence-electron chi connectivity index (χ3n) is 3.79. The van der Waals surface area contributed by atoms with Gasteiger partial charge in [-0.15, -0.1) is 0 Å². The minimum absolute atomic E-state index is 0.0253. The Morgan fingerprint density at radius 1 is 1.00 bits per heavy atom. The van der Waals surface area contributed by atoms with Gasteiger partial charge in [-0.25, -0.2) is 9.88 Å². The molecule has 27 heavy (non-hydrogen) atoms. The first-order chi connectivity index (χ1) is 12.9. The maximum absolute atomic E-state index is 12.0. The number of benzene rings is 2. The Morgan fingerprint density at radius 2 is 1.63 bits per heavy atom. The first-order valence-corrected chi connectivity index (χ1v) is 8.01. The van der Waals surface area contributed by atoms with Crippen LogP contribution in [0.4, 0.5) is 11.6 Å². The second-order valence-corrected chi connectivity index (χ2v) is 5.72. The molecule has 0 unspecified atom stereocenters. The number of hydrogen-bond donors (Lipinski definition) is 0. The number of anilines is 1. The lowest BCUT2D eigenvalue weighted by Crippen LogP contribution is -2.33. The number of oxazole rings is 1. The molecule has 0 aliphatic rings. The number of rotatable bonds is 4. The molecular weight excluding hydrogens is 350 g/mol. The summed E-state index contributed by atoms with van der Waals surface area (Å²) >= 11 is 0. The first kappa shape index (κ1) is 18.0. The van der Waals surface area contributed by atoms with E-state index in [-0.39, 0.29) is 17.5 Å². The highest BCUT2D eigenvalue weighted by molar-refractivity contribution is 6.13. The van der Waals surface area contributed by atoms with Crippen molar-refractivity contribution in [2.24, 2.45) is 0 Å². The van der Waals surface area contributed by atoms with Crippen LogP contribution in [-0.2, 0) is 9.59 Å². The predicted octanol–water partition coefficient (Wildman–Crippen LogP) is 3.82. The molecular formula is C19H15N3O5. The van der Waals surface area contributed by atoms with Crippen molar-refractivity contribution in [1.29, 1.82) is 0 Å². The van der Waals surface area contributed by atoms with Crippen molar-refractivity contribution in [2.75, 3.05) is 4.90 Å². The van der Waals surface area contributed by atoms with Gasteiger partial charge in [-0.1, -0.05) is 36.4 Å². The summed E-state index contributed by atoms with van der Waals surface area (Å²) in [6.45, 7) is 2.48. The van der Waals surface area contributed by atoms with Crippen LogP contribution in [0, 0.1) is 10.1 Å². The molecule has 0 spiro atoms. The van der Waals surface area contributed by atoms with E-state index in [1.54, 1.807) is 30.3 Å². The maximum Gasteiger partial charge on any atom is 0.270 e. The largest absolute Gasteiger partial charge is 0.419 e. The van der Waals surface area contributed by atoms with Gasteiger partial charge in [0.2, 0.25) is 23.6 Å². The Morgan fingerprint density at radius 3 is 2.22 bits per heavy atom. The Balaban J connectivity index is 2.21. The van der Waals surface area contributed by atoms with Crippen molar-refractivity contribution >= 4 is 23.4 Å². The molecule has 0 aliphatic carbocycles. The Kier molecular flexibility index (Phi) is 4.80. The van der Waals surface area contributed by atoms with Crippen molar-refractivity contribution in [3.05, 3.63) is 64.7 Å². The summed E-state index contributed by atoms with van der Waals surface area (Å²) in [5.74, 6) is -1.01. The molecule has 1 aromatic heterocycles. The minimum Gasteiger partial charge on any atom is -0.419 e. The summed E-state index contributed by atoms with van der Waals surface area (Å²) in [4.78, 5) is 39.8. The molecule has 3 aromatic rings. The Labute approximate surface area is 154 Å². The molecule has 2 aromatic carbocycles. The number of imide groups is 1. The van der Waals surface area contributed by atoms with Crippen LogP contribution in [-0.4, -0.2) is 21.7 Å². The van der Waals surface area contributed by atoms with Crippen molar-refractivity contribution < 1.29 is 18.9 Å². The number of amides is 2. The maximum atomic E-state index is 12.0. The van der Waals surface area contributed by atoms with E-state index >= 15 is 0 Å². The second kappa shape index (κ2) is 7.20. The fourth-order valence-corrected chi connectivity index (χ4v) is 2.63. The van der Waals surface area contributed by atoms with Gasteiger partial charge in [-0.2, -0.15) is 0 Å². The summed E-state index contributed by atoms with van der Waals surface area (Å²) in [7, 11) is 0. The van der Waals surface area contributed by atoms with E-state index in [1.165, 1.54) is 32.0 Å². The van der Waals surface area contributed by atoms with Crippen LogP contribution in [0.15, 0.2) is 59.0 Å². The molecule has 1 heterocycles. The van der Waals surface area contributed by atoms with Crippen molar-refractivity contribution in [2.45, 2.75) is 13.8 Å². The highest BCUT2D eigenvalue weighted by Gasteiger charge is 2.27. The molecule has 0 atom stereocenters. The zero-order valence-corrected chi connectivity index (χ0v) is 14.6. The molecule has 0 aliphatic heterocycles. The topological polar surface area (TPSA) is 107 Å². The van der Waals surface area contributed by atoms with Crippen LogP contribution in [0.2, 0.25) is 0 Å². The third-order valence-corrected chi connectivity index (χ3v) is 3.79. The van der Waals surface area contributed by atoms with Crippen LogP contribution >= 0.6 is 0 Å². The van der Waals surface area contributed by atoms with Crippen LogP contribution in [0.25, 0.3) is 22.7 Å². The van der Waals surface area contributed by atoms with Crippen LogP contribution in [0.3, 0.4) is 0 Å². The number of aromatic nitrogens is 1. The fraction of sp³-hybridized carbons (Fsp3) is 0.105. The molecule has 0 saturated heterocycles. The van der Waals surface area contributed by atoms with Gasteiger partial charge in [0.05, 0.1) is 4.92 Å². The summed E-state index contributed by atoms with van der Waals surface area (Å²) < 4.78 is 5.73. The third kappa shape index (κ3) is 3.59. The minimum atomic E-state index is -0.526. The molecule has 0 bridgehead atoms. The van der Waals surface area contributed by atoms with E-state index in [2.05, 4.69) is 4.98 Å². The molecule has 0 saturated carbocycles. The lowest BCUT2D eigenvalue weighted by atomic mass is 10.1. The first-order valence-electron chi connectivity index (χ1n) is 8.01. The monoisotopic (exact) mass is 365 g/mol. The molecule has 0 radical (unpaired) electrons. The van der Waals surface area contributed by atoms with Gasteiger partial charge in [0.25, 0.3) is 5.69 Å². The zero-order chi connectivity index (χ0) is 19.6. The number of carbonyl (C=O) groups excluding carboxylic acids is 2. The number of nitro benzene ring substituents is 1. The predicted molar refractivity (Wildman–Crippen MR) is 97.9 cm³/mol. The highest BCUT2D eigenvalue weighted by Crippen LogP contribution is 2.36. The van der Waals surface area contributed by atoms with Crippen molar-refractivity contribution in [3.63, 3.8) is 0 Å². The van der Waals surface area contributed by atoms with Crippen molar-refractivity contribution in [1.82, 2.24) is 4.98 Å². The number of carbonyl (C=O) groups is 2. The lowest BCUT2D eigenvalue weighted by molar-refractivity contribution is -0.384. The van der Waals surface area contributed by atoms with Crippen molar-refractivity contribution in [3.8, 4) is 22.7 Å². The van der Waals surface area contributed by atoms with E-state index in [1.807, 2.05) is 6.07 Å². The van der Waals surface area contributed by atoms with Gasteiger partial charge >= 0.3 is 0 Å². The number of nitrogens with zero attached hydrogens (tertiary/aromatic N) is 3. The smallest absolute Gasteiger partial charge is 0.270 e. The van der Waals surface area contributed by atoms with Crippen LogP contribution < -0.4 is 4.90 Å². The van der Waals surface area contributed by atoms with Crippen LogP contribution in [0.5, 0.6) is 0 Å². The summed E-state index contributed by atoms with van der Waals surface area (Å²) in [6, 6.07) is 14.7. The average molecular weight is 365 g/mol. The number of non-ortho nitro benzene ring substituents is 1. The van der Waals surface area contributed by atoms with Gasteiger partial charge in [0, 0.05) is 37.1 Å². The van der Waals surface area contributed by atoms with Crippen LogP contribution in [0.1, 0.15) is 13.8 Å². The quantitative estimate of drug-likeness (QED) is 0.514. The SMILES string of the molecule is CC(=O)N(C(C)=O)c1oc(-c2cccc([N+](=O)[O-])c2)nc1-c1ccccc1. The van der Waals surface area contributed by atoms with E-state index in [4.69, 9.17) is 4.42 Å². The number of hydrogen-bond acceptors (Lipinski definition) is 6. The summed E-state index contributed by atoms with van der Waals surface area (Å²) in [6.07, 6.45) is 0. The standard InChI is InChI=1S/C19H15N3O5/c1-12(23)21(13(2)24)19-17(14-7-4-3-5-8-14)20-18(27-19)15-9-6-10-16(11-15)22(25)26/h3-11H,1-2H3. The molecule has 136 valence electrons. The fourth-order valence-electron chi connectivity index (χ4n) is 2.63. The molecule has 0 N–H and O–H groups in total. The van der Waals surface area contributed by atoms with E-state index in [9.17, 15) is 19.7 Å². The molecule has 3 rings (SSSR count). The van der Waals surface area contributed by atoms with Gasteiger partial charge in [0.1, 0.15) is 5.69 Å². The van der Waals surface area contributed by atoms with E-state index in [0.717, 1.165) is 4.90 Å². The summed E-state index contributed by atoms with van der Waals surface area (Å²) in [5, 5.41) is 11.0.